The molecular weight excluding hydrogens is 268 g/mol. The van der Waals surface area contributed by atoms with Crippen LogP contribution >= 0.6 is 0 Å². The first-order valence-electron chi connectivity index (χ1n) is 8.12. The van der Waals surface area contributed by atoms with Gasteiger partial charge in [-0.2, -0.15) is 0 Å². The van der Waals surface area contributed by atoms with Crippen LogP contribution < -0.4 is 10.6 Å². The Labute approximate surface area is 128 Å². The smallest absolute Gasteiger partial charge is 0.250 e. The summed E-state index contributed by atoms with van der Waals surface area (Å²) in [6.07, 6.45) is 2.05. The number of hydrogen-bond donors (Lipinski definition) is 2. The summed E-state index contributed by atoms with van der Waals surface area (Å²) in [7, 11) is 4.23. The van der Waals surface area contributed by atoms with Gasteiger partial charge in [0.15, 0.2) is 0 Å². The third-order valence-electron chi connectivity index (χ3n) is 4.36. The highest BCUT2D eigenvalue weighted by Crippen LogP contribution is 2.16. The Morgan fingerprint density at radius 1 is 1.38 bits per heavy atom. The normalized spacial score (nSPS) is 25.2. The molecule has 1 unspecified atom stereocenters. The van der Waals surface area contributed by atoms with Crippen molar-refractivity contribution in [2.75, 3.05) is 66.5 Å². The van der Waals surface area contributed by atoms with Gasteiger partial charge in [0.05, 0.1) is 6.61 Å². The molecule has 0 spiro atoms. The number of nitrogens with one attached hydrogen (secondary N) is 2. The average Bonchev–Trinajstić information content (AvgIpc) is 2.52. The van der Waals surface area contributed by atoms with Crippen molar-refractivity contribution in [3.05, 3.63) is 0 Å². The summed E-state index contributed by atoms with van der Waals surface area (Å²) in [6, 6.07) is 0. The van der Waals surface area contributed by atoms with Gasteiger partial charge in [-0.15, -0.1) is 0 Å². The lowest BCUT2D eigenvalue weighted by molar-refractivity contribution is -0.134. The fraction of sp³-hybridized carbons (Fsp3) is 0.933. The highest BCUT2D eigenvalue weighted by atomic mass is 16.5. The van der Waals surface area contributed by atoms with Gasteiger partial charge in [-0.25, -0.2) is 0 Å². The highest BCUT2D eigenvalue weighted by Gasteiger charge is 2.24. The molecule has 2 aliphatic rings. The Morgan fingerprint density at radius 2 is 2.14 bits per heavy atom. The third kappa shape index (κ3) is 5.90. The van der Waals surface area contributed by atoms with Crippen molar-refractivity contribution in [1.29, 1.82) is 0 Å². The minimum atomic E-state index is -0.307. The van der Waals surface area contributed by atoms with E-state index in [1.807, 2.05) is 0 Å². The second-order valence-corrected chi connectivity index (χ2v) is 6.40. The van der Waals surface area contributed by atoms with Crippen LogP contribution in [0.25, 0.3) is 0 Å². The van der Waals surface area contributed by atoms with Crippen LogP contribution in [0.2, 0.25) is 0 Å². The lowest BCUT2D eigenvalue weighted by atomic mass is 9.96. The van der Waals surface area contributed by atoms with Gasteiger partial charge in [0.2, 0.25) is 5.91 Å². The second-order valence-electron chi connectivity index (χ2n) is 6.40. The number of carbonyl (C=O) groups is 1. The Morgan fingerprint density at radius 3 is 2.76 bits per heavy atom. The zero-order chi connectivity index (χ0) is 15.1. The van der Waals surface area contributed by atoms with Crippen molar-refractivity contribution < 1.29 is 9.53 Å². The van der Waals surface area contributed by atoms with Crippen molar-refractivity contribution in [3.8, 4) is 0 Å². The molecule has 0 aromatic heterocycles. The number of piperidine rings is 1. The van der Waals surface area contributed by atoms with Gasteiger partial charge < -0.3 is 25.2 Å². The van der Waals surface area contributed by atoms with Crippen LogP contribution in [-0.2, 0) is 9.53 Å². The summed E-state index contributed by atoms with van der Waals surface area (Å²) in [5.74, 6) is 0.651. The lowest BCUT2D eigenvalue weighted by Gasteiger charge is -2.33. The number of likely N-dealkylation sites (tertiary alicyclic amines) is 1. The Balaban J connectivity index is 1.59. The number of hydrogen-bond acceptors (Lipinski definition) is 5. The van der Waals surface area contributed by atoms with Crippen molar-refractivity contribution in [1.82, 2.24) is 20.4 Å². The van der Waals surface area contributed by atoms with E-state index in [1.54, 1.807) is 0 Å². The lowest BCUT2D eigenvalue weighted by Crippen LogP contribution is -2.49. The minimum absolute atomic E-state index is 0.0391. The van der Waals surface area contributed by atoms with E-state index in [0.717, 1.165) is 39.3 Å². The summed E-state index contributed by atoms with van der Waals surface area (Å²) in [5.41, 5.74) is 0. The average molecular weight is 298 g/mol. The molecule has 1 atom stereocenters. The van der Waals surface area contributed by atoms with E-state index in [-0.39, 0.29) is 12.0 Å². The van der Waals surface area contributed by atoms with Gasteiger partial charge in [0.25, 0.3) is 0 Å². The van der Waals surface area contributed by atoms with E-state index >= 15 is 0 Å². The van der Waals surface area contributed by atoms with Gasteiger partial charge in [-0.3, -0.25) is 4.79 Å². The molecule has 0 aliphatic carbocycles. The zero-order valence-corrected chi connectivity index (χ0v) is 13.4. The maximum Gasteiger partial charge on any atom is 0.250 e. The molecule has 122 valence electrons. The van der Waals surface area contributed by atoms with Crippen molar-refractivity contribution >= 4 is 5.91 Å². The van der Waals surface area contributed by atoms with Crippen LogP contribution in [0, 0.1) is 5.92 Å². The van der Waals surface area contributed by atoms with E-state index in [0.29, 0.717) is 19.1 Å². The van der Waals surface area contributed by atoms with Crippen LogP contribution in [0.5, 0.6) is 0 Å². The molecule has 2 aliphatic heterocycles. The quantitative estimate of drug-likeness (QED) is 0.683. The predicted octanol–water partition coefficient (Wildman–Crippen LogP) is -0.635. The number of nitrogens with zero attached hydrogens (tertiary/aromatic N) is 2. The maximum absolute atomic E-state index is 12.0. The van der Waals surface area contributed by atoms with E-state index in [1.165, 1.54) is 12.8 Å². The van der Waals surface area contributed by atoms with E-state index in [9.17, 15) is 4.79 Å². The second kappa shape index (κ2) is 8.68. The first kappa shape index (κ1) is 16.7. The molecule has 21 heavy (non-hydrogen) atoms. The molecule has 2 saturated heterocycles. The summed E-state index contributed by atoms with van der Waals surface area (Å²) in [6.45, 7) is 7.46. The largest absolute Gasteiger partial charge is 0.366 e. The van der Waals surface area contributed by atoms with Crippen LogP contribution in [0.3, 0.4) is 0 Å². The summed E-state index contributed by atoms with van der Waals surface area (Å²) >= 11 is 0. The number of amides is 1. The highest BCUT2D eigenvalue weighted by molar-refractivity contribution is 5.81. The fourth-order valence-electron chi connectivity index (χ4n) is 2.85. The zero-order valence-electron chi connectivity index (χ0n) is 13.4. The molecule has 0 aromatic carbocycles. The summed E-state index contributed by atoms with van der Waals surface area (Å²) < 4.78 is 5.46. The number of likely N-dealkylation sites (N-methyl/N-ethyl adjacent to an activating group) is 1. The predicted molar refractivity (Wildman–Crippen MR) is 83.3 cm³/mol. The molecule has 0 saturated carbocycles. The molecular formula is C15H30N4O2. The van der Waals surface area contributed by atoms with Gasteiger partial charge in [-0.05, 0) is 45.9 Å². The van der Waals surface area contributed by atoms with Crippen LogP contribution in [0.15, 0.2) is 0 Å². The molecule has 0 bridgehead atoms. The monoisotopic (exact) mass is 298 g/mol. The van der Waals surface area contributed by atoms with Crippen LogP contribution in [-0.4, -0.2) is 88.3 Å². The molecule has 2 heterocycles. The summed E-state index contributed by atoms with van der Waals surface area (Å²) in [5, 5.41) is 6.24. The van der Waals surface area contributed by atoms with E-state index in [4.69, 9.17) is 4.74 Å². The first-order chi connectivity index (χ1) is 10.1. The maximum atomic E-state index is 12.0. The summed E-state index contributed by atoms with van der Waals surface area (Å²) in [4.78, 5) is 16.7. The van der Waals surface area contributed by atoms with E-state index in [2.05, 4.69) is 34.5 Å². The van der Waals surface area contributed by atoms with Crippen molar-refractivity contribution in [2.24, 2.45) is 5.92 Å². The fourth-order valence-corrected chi connectivity index (χ4v) is 2.85. The molecule has 2 N–H and O–H groups in total. The molecule has 1 amide bonds. The van der Waals surface area contributed by atoms with Crippen LogP contribution in [0.1, 0.15) is 12.8 Å². The molecule has 2 rings (SSSR count). The molecule has 2 fully saturated rings. The van der Waals surface area contributed by atoms with Gasteiger partial charge >= 0.3 is 0 Å². The van der Waals surface area contributed by atoms with Gasteiger partial charge in [0.1, 0.15) is 6.10 Å². The number of morpholine rings is 1. The number of rotatable bonds is 6. The molecule has 0 aromatic rings. The molecule has 6 nitrogen and oxygen atoms in total. The molecule has 6 heteroatoms. The number of ether oxygens (including phenoxy) is 1. The Bertz CT molecular complexity index is 311. The third-order valence-corrected chi connectivity index (χ3v) is 4.36. The van der Waals surface area contributed by atoms with Gasteiger partial charge in [-0.1, -0.05) is 0 Å². The SMILES string of the molecule is CN(C)CCN1CCC(CNC(=O)C2CNCCO2)CC1. The van der Waals surface area contributed by atoms with Crippen molar-refractivity contribution in [3.63, 3.8) is 0 Å². The van der Waals surface area contributed by atoms with Crippen LogP contribution in [0.4, 0.5) is 0 Å². The topological polar surface area (TPSA) is 56.8 Å². The Kier molecular flexibility index (Phi) is 6.89. The minimum Gasteiger partial charge on any atom is -0.366 e. The Hall–Kier alpha value is -0.690. The first-order valence-corrected chi connectivity index (χ1v) is 8.12. The number of carbonyl (C=O) groups excluding carboxylic acids is 1. The molecule has 0 radical (unpaired) electrons. The van der Waals surface area contributed by atoms with Crippen molar-refractivity contribution in [2.45, 2.75) is 18.9 Å². The van der Waals surface area contributed by atoms with E-state index < -0.39 is 0 Å². The van der Waals surface area contributed by atoms with Gasteiger partial charge in [0, 0.05) is 32.7 Å². The standard InChI is InChI=1S/C15H30N4O2/c1-18(2)8-9-19-6-3-13(4-7-19)11-17-15(20)14-12-16-5-10-21-14/h13-14,16H,3-12H2,1-2H3,(H,17,20).